The van der Waals surface area contributed by atoms with Crippen molar-refractivity contribution in [3.05, 3.63) is 17.5 Å². The predicted molar refractivity (Wildman–Crippen MR) is 44.4 cm³/mol. The van der Waals surface area contributed by atoms with Crippen molar-refractivity contribution in [2.45, 2.75) is 31.6 Å². The molecule has 13 heavy (non-hydrogen) atoms. The number of carboxylic acid groups (broad SMARTS) is 1. The number of nitrogens with zero attached hydrogens (tertiary/aromatic N) is 1. The van der Waals surface area contributed by atoms with E-state index in [1.54, 1.807) is 6.20 Å². The van der Waals surface area contributed by atoms with Gasteiger partial charge in [0.2, 0.25) is 0 Å². The fraction of sp³-hybridized carbons (Fsp3) is 0.556. The second-order valence-electron chi connectivity index (χ2n) is 3.40. The maximum absolute atomic E-state index is 10.5. The van der Waals surface area contributed by atoms with Gasteiger partial charge in [0.25, 0.3) is 0 Å². The summed E-state index contributed by atoms with van der Waals surface area (Å²) in [6, 6.07) is 0. The Morgan fingerprint density at radius 2 is 2.46 bits per heavy atom. The summed E-state index contributed by atoms with van der Waals surface area (Å²) in [5, 5.41) is 12.2. The second-order valence-corrected chi connectivity index (χ2v) is 3.40. The summed E-state index contributed by atoms with van der Waals surface area (Å²) in [4.78, 5) is 10.5. The standard InChI is InChI=1S/C9H11NO3/c11-9(12)4-8-7(5-10-13-8)6-2-1-3-6/h5-6H,1-4H2,(H,11,12). The number of hydrogen-bond donors (Lipinski definition) is 1. The molecule has 0 saturated heterocycles. The zero-order chi connectivity index (χ0) is 9.26. The Morgan fingerprint density at radius 3 is 3.00 bits per heavy atom. The number of carboxylic acids is 1. The lowest BCUT2D eigenvalue weighted by molar-refractivity contribution is -0.136. The third-order valence-corrected chi connectivity index (χ3v) is 2.53. The monoisotopic (exact) mass is 181 g/mol. The number of rotatable bonds is 3. The minimum absolute atomic E-state index is 0.0498. The van der Waals surface area contributed by atoms with Gasteiger partial charge in [-0.3, -0.25) is 4.79 Å². The van der Waals surface area contributed by atoms with Gasteiger partial charge in [0, 0.05) is 5.56 Å². The molecule has 0 atom stereocenters. The molecule has 1 heterocycles. The zero-order valence-electron chi connectivity index (χ0n) is 7.19. The molecule has 0 radical (unpaired) electrons. The molecule has 0 aliphatic heterocycles. The Morgan fingerprint density at radius 1 is 1.69 bits per heavy atom. The summed E-state index contributed by atoms with van der Waals surface area (Å²) in [6.07, 6.45) is 5.10. The van der Waals surface area contributed by atoms with E-state index in [2.05, 4.69) is 5.16 Å². The van der Waals surface area contributed by atoms with E-state index < -0.39 is 5.97 Å². The Labute approximate surface area is 75.5 Å². The van der Waals surface area contributed by atoms with Crippen LogP contribution in [-0.4, -0.2) is 16.2 Å². The molecule has 1 saturated carbocycles. The van der Waals surface area contributed by atoms with Crippen molar-refractivity contribution in [3.8, 4) is 0 Å². The van der Waals surface area contributed by atoms with Gasteiger partial charge >= 0.3 is 5.97 Å². The third kappa shape index (κ3) is 1.56. The highest BCUT2D eigenvalue weighted by atomic mass is 16.5. The van der Waals surface area contributed by atoms with Gasteiger partial charge in [-0.2, -0.15) is 0 Å². The Hall–Kier alpha value is -1.32. The van der Waals surface area contributed by atoms with Crippen LogP contribution < -0.4 is 0 Å². The van der Waals surface area contributed by atoms with Crippen molar-refractivity contribution >= 4 is 5.97 Å². The predicted octanol–water partition coefficient (Wildman–Crippen LogP) is 1.57. The quantitative estimate of drug-likeness (QED) is 0.768. The van der Waals surface area contributed by atoms with Gasteiger partial charge in [-0.15, -0.1) is 0 Å². The molecule has 1 aromatic heterocycles. The molecule has 0 aromatic carbocycles. The first-order chi connectivity index (χ1) is 6.27. The molecular weight excluding hydrogens is 170 g/mol. The molecule has 1 aliphatic rings. The highest BCUT2D eigenvalue weighted by Gasteiger charge is 2.25. The van der Waals surface area contributed by atoms with Crippen LogP contribution in [0.15, 0.2) is 10.7 Å². The van der Waals surface area contributed by atoms with Crippen LogP contribution in [0.25, 0.3) is 0 Å². The largest absolute Gasteiger partial charge is 0.481 e. The van der Waals surface area contributed by atoms with Gasteiger partial charge in [0.15, 0.2) is 5.76 Å². The van der Waals surface area contributed by atoms with Gasteiger partial charge in [0.1, 0.15) is 6.42 Å². The number of aliphatic carboxylic acids is 1. The molecule has 4 heteroatoms. The molecule has 0 bridgehead atoms. The van der Waals surface area contributed by atoms with Crippen LogP contribution in [0.3, 0.4) is 0 Å². The first-order valence-corrected chi connectivity index (χ1v) is 4.42. The molecule has 0 unspecified atom stereocenters. The smallest absolute Gasteiger partial charge is 0.311 e. The van der Waals surface area contributed by atoms with E-state index in [1.165, 1.54) is 6.42 Å². The van der Waals surface area contributed by atoms with Crippen molar-refractivity contribution in [3.63, 3.8) is 0 Å². The molecular formula is C9H11NO3. The fourth-order valence-corrected chi connectivity index (χ4v) is 1.60. The average molecular weight is 181 g/mol. The molecule has 1 N–H and O–H groups in total. The van der Waals surface area contributed by atoms with Crippen LogP contribution in [-0.2, 0) is 11.2 Å². The fourth-order valence-electron chi connectivity index (χ4n) is 1.60. The lowest BCUT2D eigenvalue weighted by atomic mass is 9.80. The van der Waals surface area contributed by atoms with Crippen molar-refractivity contribution in [1.29, 1.82) is 0 Å². The van der Waals surface area contributed by atoms with Crippen molar-refractivity contribution in [2.24, 2.45) is 0 Å². The molecule has 2 rings (SSSR count). The van der Waals surface area contributed by atoms with Gasteiger partial charge in [0.05, 0.1) is 6.20 Å². The Bertz CT molecular complexity index is 314. The minimum atomic E-state index is -0.864. The maximum Gasteiger partial charge on any atom is 0.311 e. The van der Waals surface area contributed by atoms with E-state index in [0.717, 1.165) is 18.4 Å². The molecule has 4 nitrogen and oxygen atoms in total. The molecule has 0 spiro atoms. The first-order valence-electron chi connectivity index (χ1n) is 4.42. The summed E-state index contributed by atoms with van der Waals surface area (Å²) in [6.45, 7) is 0. The average Bonchev–Trinajstić information content (AvgIpc) is 2.32. The second kappa shape index (κ2) is 3.20. The first kappa shape index (κ1) is 8.29. The number of aromatic nitrogens is 1. The van der Waals surface area contributed by atoms with Crippen LogP contribution in [0.4, 0.5) is 0 Å². The Balaban J connectivity index is 2.14. The Kier molecular flexibility index (Phi) is 2.04. The maximum atomic E-state index is 10.5. The molecule has 0 amide bonds. The molecule has 70 valence electrons. The van der Waals surface area contributed by atoms with E-state index in [0.29, 0.717) is 11.7 Å². The van der Waals surface area contributed by atoms with E-state index in [9.17, 15) is 4.79 Å². The lowest BCUT2D eigenvalue weighted by Gasteiger charge is -2.24. The van der Waals surface area contributed by atoms with E-state index >= 15 is 0 Å². The highest BCUT2D eigenvalue weighted by molar-refractivity contribution is 5.69. The number of hydrogen-bond acceptors (Lipinski definition) is 3. The van der Waals surface area contributed by atoms with Crippen molar-refractivity contribution in [2.75, 3.05) is 0 Å². The van der Waals surface area contributed by atoms with Crippen LogP contribution in [0, 0.1) is 0 Å². The van der Waals surface area contributed by atoms with Crippen molar-refractivity contribution in [1.82, 2.24) is 5.16 Å². The number of carbonyl (C=O) groups is 1. The van der Waals surface area contributed by atoms with Gasteiger partial charge in [-0.25, -0.2) is 0 Å². The summed E-state index contributed by atoms with van der Waals surface area (Å²) in [5.41, 5.74) is 0.994. The van der Waals surface area contributed by atoms with Crippen LogP contribution in [0.5, 0.6) is 0 Å². The topological polar surface area (TPSA) is 63.3 Å². The zero-order valence-corrected chi connectivity index (χ0v) is 7.19. The van der Waals surface area contributed by atoms with Gasteiger partial charge in [-0.05, 0) is 18.8 Å². The van der Waals surface area contributed by atoms with Crippen LogP contribution in [0.2, 0.25) is 0 Å². The van der Waals surface area contributed by atoms with Crippen LogP contribution in [0.1, 0.15) is 36.5 Å². The van der Waals surface area contributed by atoms with E-state index in [4.69, 9.17) is 9.63 Å². The third-order valence-electron chi connectivity index (χ3n) is 2.53. The minimum Gasteiger partial charge on any atom is -0.481 e. The van der Waals surface area contributed by atoms with E-state index in [1.807, 2.05) is 0 Å². The summed E-state index contributed by atoms with van der Waals surface area (Å²) < 4.78 is 4.90. The summed E-state index contributed by atoms with van der Waals surface area (Å²) in [7, 11) is 0. The SMILES string of the molecule is O=C(O)Cc1oncc1C1CCC1. The summed E-state index contributed by atoms with van der Waals surface area (Å²) in [5.74, 6) is 0.148. The lowest BCUT2D eigenvalue weighted by Crippen LogP contribution is -2.11. The van der Waals surface area contributed by atoms with Crippen LogP contribution >= 0.6 is 0 Å². The van der Waals surface area contributed by atoms with Gasteiger partial charge in [-0.1, -0.05) is 11.6 Å². The van der Waals surface area contributed by atoms with E-state index in [-0.39, 0.29) is 6.42 Å². The van der Waals surface area contributed by atoms with Gasteiger partial charge < -0.3 is 9.63 Å². The highest BCUT2D eigenvalue weighted by Crippen LogP contribution is 2.37. The molecule has 1 fully saturated rings. The summed E-state index contributed by atoms with van der Waals surface area (Å²) >= 11 is 0. The molecule has 1 aliphatic carbocycles. The molecule has 1 aromatic rings. The normalized spacial score (nSPS) is 16.9. The van der Waals surface area contributed by atoms with Crippen molar-refractivity contribution < 1.29 is 14.4 Å².